The van der Waals surface area contributed by atoms with Crippen molar-refractivity contribution in [3.05, 3.63) is 11.9 Å². The maximum Gasteiger partial charge on any atom is 0.227 e. The van der Waals surface area contributed by atoms with Crippen LogP contribution in [-0.2, 0) is 10.2 Å². The number of nitrogens with two attached hydrogens (primary N) is 1. The Morgan fingerprint density at radius 3 is 2.24 bits per heavy atom. The average Bonchev–Trinajstić information content (AvgIpc) is 2.42. The molecule has 0 aliphatic rings. The topological polar surface area (TPSA) is 105 Å². The third-order valence-electron chi connectivity index (χ3n) is 3.10. The van der Waals surface area contributed by atoms with Gasteiger partial charge in [-0.2, -0.15) is 0 Å². The van der Waals surface area contributed by atoms with Crippen molar-refractivity contribution < 1.29 is 4.79 Å². The molecule has 0 saturated heterocycles. The lowest BCUT2D eigenvalue weighted by Gasteiger charge is -2.24. The molecule has 0 aromatic carbocycles. The van der Waals surface area contributed by atoms with Crippen molar-refractivity contribution in [2.24, 2.45) is 11.3 Å². The van der Waals surface area contributed by atoms with Crippen LogP contribution in [0.15, 0.2) is 6.07 Å². The first-order valence-corrected chi connectivity index (χ1v) is 6.92. The molecule has 0 bridgehead atoms. The highest BCUT2D eigenvalue weighted by molar-refractivity contribution is 5.82. The number of amides is 1. The Kier molecular flexibility index (Phi) is 5.11. The zero-order chi connectivity index (χ0) is 16.3. The lowest BCUT2D eigenvalue weighted by molar-refractivity contribution is -0.128. The molecule has 0 saturated carbocycles. The van der Waals surface area contributed by atoms with Gasteiger partial charge in [-0.1, -0.05) is 20.8 Å². The Hall–Kier alpha value is -1.89. The number of hydrogen-bond donors (Lipinski definition) is 4. The summed E-state index contributed by atoms with van der Waals surface area (Å²) in [4.78, 5) is 20.6. The number of hydrogen-bond acceptors (Lipinski definition) is 6. The second kappa shape index (κ2) is 6.26. The lowest BCUT2D eigenvalue weighted by atomic mass is 9.92. The van der Waals surface area contributed by atoms with Gasteiger partial charge in [0.1, 0.15) is 17.5 Å². The smallest absolute Gasteiger partial charge is 0.227 e. The van der Waals surface area contributed by atoms with E-state index in [9.17, 15) is 4.79 Å². The van der Waals surface area contributed by atoms with Crippen LogP contribution in [0.3, 0.4) is 0 Å². The molecular formula is C14H26N6O. The second-order valence-electron chi connectivity index (χ2n) is 6.67. The molecule has 21 heavy (non-hydrogen) atoms. The van der Waals surface area contributed by atoms with Gasteiger partial charge in [0.05, 0.1) is 5.41 Å². The number of nitrogens with zero attached hydrogens (tertiary/aromatic N) is 2. The van der Waals surface area contributed by atoms with Crippen molar-refractivity contribution in [2.75, 3.05) is 24.3 Å². The van der Waals surface area contributed by atoms with Crippen molar-refractivity contribution >= 4 is 17.5 Å². The molecule has 0 radical (unpaired) electrons. The first kappa shape index (κ1) is 17.2. The third-order valence-corrected chi connectivity index (χ3v) is 3.10. The van der Waals surface area contributed by atoms with E-state index in [-0.39, 0.29) is 11.3 Å². The highest BCUT2D eigenvalue weighted by atomic mass is 16.2. The predicted octanol–water partition coefficient (Wildman–Crippen LogP) is 1.24. The minimum atomic E-state index is -0.544. The van der Waals surface area contributed by atoms with Crippen LogP contribution >= 0.6 is 0 Å². The van der Waals surface area contributed by atoms with Gasteiger partial charge in [-0.25, -0.2) is 15.8 Å². The number of carbonyl (C=O) groups is 1. The Labute approximate surface area is 126 Å². The Balaban J connectivity index is 2.96. The molecule has 118 valence electrons. The monoisotopic (exact) mass is 294 g/mol. The molecule has 0 aliphatic heterocycles. The van der Waals surface area contributed by atoms with Crippen molar-refractivity contribution in [1.29, 1.82) is 0 Å². The summed E-state index contributed by atoms with van der Waals surface area (Å²) in [7, 11) is 1.63. The number of rotatable bonds is 5. The first-order chi connectivity index (χ1) is 9.60. The van der Waals surface area contributed by atoms with Crippen LogP contribution in [0.5, 0.6) is 0 Å². The molecule has 7 nitrogen and oxygen atoms in total. The Morgan fingerprint density at radius 1 is 1.19 bits per heavy atom. The summed E-state index contributed by atoms with van der Waals surface area (Å²) in [5, 5.41) is 5.84. The fourth-order valence-electron chi connectivity index (χ4n) is 1.68. The highest BCUT2D eigenvalue weighted by Gasteiger charge is 2.27. The van der Waals surface area contributed by atoms with Gasteiger partial charge >= 0.3 is 0 Å². The van der Waals surface area contributed by atoms with Crippen LogP contribution in [0, 0.1) is 5.41 Å². The van der Waals surface area contributed by atoms with Crippen LogP contribution in [0.25, 0.3) is 0 Å². The maximum atomic E-state index is 11.8. The molecule has 1 aromatic heterocycles. The van der Waals surface area contributed by atoms with E-state index in [1.807, 2.05) is 34.6 Å². The third kappa shape index (κ3) is 4.56. The fourth-order valence-corrected chi connectivity index (χ4v) is 1.68. The Morgan fingerprint density at radius 2 is 1.76 bits per heavy atom. The molecule has 0 atom stereocenters. The largest absolute Gasteiger partial charge is 0.369 e. The van der Waals surface area contributed by atoms with Gasteiger partial charge in [0.2, 0.25) is 5.91 Å². The molecule has 1 aromatic rings. The normalized spacial score (nSPS) is 12.0. The fraction of sp³-hybridized carbons (Fsp3) is 0.643. The lowest BCUT2D eigenvalue weighted by Crippen LogP contribution is -2.39. The van der Waals surface area contributed by atoms with Crippen LogP contribution < -0.4 is 21.9 Å². The number of carbonyl (C=O) groups excluding carboxylic acids is 1. The van der Waals surface area contributed by atoms with Gasteiger partial charge in [0.25, 0.3) is 0 Å². The number of aromatic nitrogens is 2. The SMILES string of the molecule is CNC(=O)C(C)(C)CNc1cc(NN)nc(C(C)(C)C)n1. The Bertz CT molecular complexity index is 507. The molecule has 0 aliphatic carbocycles. The molecule has 1 heterocycles. The second-order valence-corrected chi connectivity index (χ2v) is 6.67. The summed E-state index contributed by atoms with van der Waals surface area (Å²) < 4.78 is 0. The molecule has 7 heteroatoms. The zero-order valence-corrected chi connectivity index (χ0v) is 13.7. The standard InChI is InChI=1S/C14H26N6O/c1-13(2,3)11-18-9(7-10(19-11)20-15)17-8-14(4,5)12(21)16-6/h7H,8,15H2,1-6H3,(H,16,21)(H2,17,18,19,20). The van der Waals surface area contributed by atoms with Crippen molar-refractivity contribution in [1.82, 2.24) is 15.3 Å². The highest BCUT2D eigenvalue weighted by Crippen LogP contribution is 2.23. The van der Waals surface area contributed by atoms with Gasteiger partial charge < -0.3 is 16.1 Å². The van der Waals surface area contributed by atoms with E-state index in [0.717, 1.165) is 0 Å². The van der Waals surface area contributed by atoms with Crippen LogP contribution in [0.2, 0.25) is 0 Å². The van der Waals surface area contributed by atoms with E-state index < -0.39 is 5.41 Å². The molecule has 0 unspecified atom stereocenters. The first-order valence-electron chi connectivity index (χ1n) is 6.92. The summed E-state index contributed by atoms with van der Waals surface area (Å²) in [6.07, 6.45) is 0. The number of anilines is 2. The van der Waals surface area contributed by atoms with E-state index >= 15 is 0 Å². The summed E-state index contributed by atoms with van der Waals surface area (Å²) in [5.41, 5.74) is 1.80. The maximum absolute atomic E-state index is 11.8. The minimum absolute atomic E-state index is 0.0303. The van der Waals surface area contributed by atoms with Gasteiger partial charge in [0, 0.05) is 25.1 Å². The summed E-state index contributed by atoms with van der Waals surface area (Å²) >= 11 is 0. The number of nitrogens with one attached hydrogen (secondary N) is 3. The van der Waals surface area contributed by atoms with Crippen molar-refractivity contribution in [3.8, 4) is 0 Å². The number of hydrazine groups is 1. The van der Waals surface area contributed by atoms with Crippen LogP contribution in [-0.4, -0.2) is 29.5 Å². The minimum Gasteiger partial charge on any atom is -0.369 e. The van der Waals surface area contributed by atoms with Gasteiger partial charge in [-0.15, -0.1) is 0 Å². The molecule has 0 spiro atoms. The molecule has 1 amide bonds. The predicted molar refractivity (Wildman–Crippen MR) is 84.9 cm³/mol. The molecule has 5 N–H and O–H groups in total. The quantitative estimate of drug-likeness (QED) is 0.481. The van der Waals surface area contributed by atoms with Crippen molar-refractivity contribution in [2.45, 2.75) is 40.0 Å². The summed E-state index contributed by atoms with van der Waals surface area (Å²) in [6.45, 7) is 10.3. The molecular weight excluding hydrogens is 268 g/mol. The van der Waals surface area contributed by atoms with E-state index in [2.05, 4.69) is 26.0 Å². The summed E-state index contributed by atoms with van der Waals surface area (Å²) in [5.74, 6) is 7.27. The van der Waals surface area contributed by atoms with Gasteiger partial charge in [-0.05, 0) is 13.8 Å². The molecule has 1 rings (SSSR count). The van der Waals surface area contributed by atoms with Crippen LogP contribution in [0.1, 0.15) is 40.4 Å². The number of nitrogen functional groups attached to an aromatic ring is 1. The average molecular weight is 294 g/mol. The zero-order valence-electron chi connectivity index (χ0n) is 13.7. The van der Waals surface area contributed by atoms with E-state index in [0.29, 0.717) is 24.0 Å². The van der Waals surface area contributed by atoms with E-state index in [1.54, 1.807) is 13.1 Å². The molecule has 0 fully saturated rings. The van der Waals surface area contributed by atoms with Crippen molar-refractivity contribution in [3.63, 3.8) is 0 Å². The van der Waals surface area contributed by atoms with Gasteiger partial charge in [0.15, 0.2) is 0 Å². The van der Waals surface area contributed by atoms with E-state index in [4.69, 9.17) is 5.84 Å². The van der Waals surface area contributed by atoms with Gasteiger partial charge in [-0.3, -0.25) is 4.79 Å². The summed E-state index contributed by atoms with van der Waals surface area (Å²) in [6, 6.07) is 1.72. The van der Waals surface area contributed by atoms with Crippen LogP contribution in [0.4, 0.5) is 11.6 Å². The van der Waals surface area contributed by atoms with E-state index in [1.165, 1.54) is 0 Å².